The summed E-state index contributed by atoms with van der Waals surface area (Å²) in [5.74, 6) is 0.888. The van der Waals surface area contributed by atoms with Crippen molar-refractivity contribution in [1.82, 2.24) is 0 Å². The van der Waals surface area contributed by atoms with E-state index in [2.05, 4.69) is 0 Å². The van der Waals surface area contributed by atoms with Crippen LogP contribution in [-0.4, -0.2) is 7.11 Å². The molecule has 1 aromatic carbocycles. The number of hydrogen-bond donors (Lipinski definition) is 1. The molecule has 0 heterocycles. The van der Waals surface area contributed by atoms with Crippen LogP contribution in [0.3, 0.4) is 0 Å². The molecule has 0 radical (unpaired) electrons. The topological polar surface area (TPSA) is 35.2 Å². The van der Waals surface area contributed by atoms with Crippen molar-refractivity contribution in [3.63, 3.8) is 0 Å². The Hall–Kier alpha value is -0.800. The highest BCUT2D eigenvalue weighted by Gasteiger charge is 2.31. The summed E-state index contributed by atoms with van der Waals surface area (Å²) >= 11 is 0. The van der Waals surface area contributed by atoms with E-state index in [0.717, 1.165) is 12.8 Å². The normalized spacial score (nSPS) is 16.7. The molecule has 1 fully saturated rings. The van der Waals surface area contributed by atoms with Crippen LogP contribution in [0.25, 0.3) is 0 Å². The van der Waals surface area contributed by atoms with Crippen molar-refractivity contribution in [2.45, 2.75) is 18.9 Å². The molecule has 84 valence electrons. The van der Waals surface area contributed by atoms with E-state index in [4.69, 9.17) is 10.5 Å². The van der Waals surface area contributed by atoms with Crippen molar-refractivity contribution in [3.8, 4) is 5.75 Å². The van der Waals surface area contributed by atoms with Crippen LogP contribution in [0.1, 0.15) is 24.4 Å². The smallest absolute Gasteiger partial charge is 0.128 e. The quantitative estimate of drug-likeness (QED) is 0.868. The first kappa shape index (κ1) is 12.3. The molecular formula is C11H15ClFNO. The van der Waals surface area contributed by atoms with Crippen molar-refractivity contribution in [2.75, 3.05) is 7.11 Å². The Morgan fingerprint density at radius 1 is 1.47 bits per heavy atom. The molecule has 2 nitrogen and oxygen atoms in total. The molecule has 0 aliphatic heterocycles. The van der Waals surface area contributed by atoms with Gasteiger partial charge in [0.15, 0.2) is 0 Å². The van der Waals surface area contributed by atoms with Gasteiger partial charge in [-0.3, -0.25) is 0 Å². The minimum atomic E-state index is -0.231. The van der Waals surface area contributed by atoms with Gasteiger partial charge in [0.1, 0.15) is 11.6 Å². The van der Waals surface area contributed by atoms with E-state index < -0.39 is 0 Å². The Balaban J connectivity index is 0.00000112. The van der Waals surface area contributed by atoms with Gasteiger partial charge in [-0.15, -0.1) is 12.4 Å². The first-order chi connectivity index (χ1) is 6.72. The average Bonchev–Trinajstić information content (AvgIpc) is 3.01. The average molecular weight is 232 g/mol. The first-order valence-electron chi connectivity index (χ1n) is 4.81. The number of nitrogens with two attached hydrogens (primary N) is 1. The molecule has 1 aliphatic carbocycles. The fourth-order valence-electron chi connectivity index (χ4n) is 1.61. The monoisotopic (exact) mass is 231 g/mol. The summed E-state index contributed by atoms with van der Waals surface area (Å²) < 4.78 is 18.4. The van der Waals surface area contributed by atoms with Crippen molar-refractivity contribution in [1.29, 1.82) is 0 Å². The lowest BCUT2D eigenvalue weighted by molar-refractivity contribution is 0.411. The second-order valence-corrected chi connectivity index (χ2v) is 3.75. The number of rotatable bonds is 3. The van der Waals surface area contributed by atoms with E-state index in [1.165, 1.54) is 6.07 Å². The fraction of sp³-hybridized carbons (Fsp3) is 0.455. The lowest BCUT2D eigenvalue weighted by Crippen LogP contribution is -2.14. The molecule has 1 atom stereocenters. The summed E-state index contributed by atoms with van der Waals surface area (Å²) in [6.45, 7) is 0. The minimum absolute atomic E-state index is 0. The van der Waals surface area contributed by atoms with Crippen LogP contribution in [0.2, 0.25) is 0 Å². The van der Waals surface area contributed by atoms with Gasteiger partial charge >= 0.3 is 0 Å². The standard InChI is InChI=1S/C11H14FNO.ClH/c1-14-8-4-5-10(12)9(6-8)11(13)7-2-3-7;/h4-7,11H,2-3,13H2,1H3;1H/t11-;/m0./s1. The van der Waals surface area contributed by atoms with Crippen molar-refractivity contribution < 1.29 is 9.13 Å². The van der Waals surface area contributed by atoms with Crippen LogP contribution in [0.4, 0.5) is 4.39 Å². The summed E-state index contributed by atoms with van der Waals surface area (Å²) in [6, 6.07) is 4.54. The largest absolute Gasteiger partial charge is 0.497 e. The fourth-order valence-corrected chi connectivity index (χ4v) is 1.61. The zero-order valence-corrected chi connectivity index (χ0v) is 9.39. The number of halogens is 2. The molecule has 15 heavy (non-hydrogen) atoms. The van der Waals surface area contributed by atoms with Crippen LogP contribution in [0, 0.1) is 11.7 Å². The molecule has 2 rings (SSSR count). The Labute approximate surface area is 95.0 Å². The highest BCUT2D eigenvalue weighted by Crippen LogP contribution is 2.40. The molecule has 0 unspecified atom stereocenters. The van der Waals surface area contributed by atoms with Gasteiger partial charge in [0.2, 0.25) is 0 Å². The second kappa shape index (κ2) is 4.81. The summed E-state index contributed by atoms with van der Waals surface area (Å²) in [5, 5.41) is 0. The first-order valence-corrected chi connectivity index (χ1v) is 4.81. The molecule has 0 aromatic heterocycles. The third kappa shape index (κ3) is 2.61. The number of hydrogen-bond acceptors (Lipinski definition) is 2. The molecule has 1 saturated carbocycles. The van der Waals surface area contributed by atoms with E-state index >= 15 is 0 Å². The molecule has 1 aromatic rings. The predicted molar refractivity (Wildman–Crippen MR) is 59.9 cm³/mol. The lowest BCUT2D eigenvalue weighted by atomic mass is 10.0. The summed E-state index contributed by atoms with van der Waals surface area (Å²) in [4.78, 5) is 0. The third-order valence-corrected chi connectivity index (χ3v) is 2.69. The molecule has 0 bridgehead atoms. The van der Waals surface area contributed by atoms with E-state index in [9.17, 15) is 4.39 Å². The maximum Gasteiger partial charge on any atom is 0.128 e. The number of benzene rings is 1. The van der Waals surface area contributed by atoms with Gasteiger partial charge in [-0.05, 0) is 37.0 Å². The molecule has 2 N–H and O–H groups in total. The van der Waals surface area contributed by atoms with E-state index in [1.807, 2.05) is 0 Å². The molecule has 0 saturated heterocycles. The van der Waals surface area contributed by atoms with Crippen LogP contribution in [0.5, 0.6) is 5.75 Å². The van der Waals surface area contributed by atoms with Gasteiger partial charge in [-0.1, -0.05) is 0 Å². The predicted octanol–water partition coefficient (Wildman–Crippen LogP) is 2.67. The lowest BCUT2D eigenvalue weighted by Gasteiger charge is -2.12. The van der Waals surface area contributed by atoms with Crippen LogP contribution < -0.4 is 10.5 Å². The highest BCUT2D eigenvalue weighted by molar-refractivity contribution is 5.85. The van der Waals surface area contributed by atoms with Gasteiger partial charge in [-0.25, -0.2) is 4.39 Å². The Bertz CT molecular complexity index is 341. The maximum absolute atomic E-state index is 13.4. The molecule has 4 heteroatoms. The number of methoxy groups -OCH3 is 1. The molecule has 1 aliphatic rings. The zero-order valence-electron chi connectivity index (χ0n) is 8.57. The second-order valence-electron chi connectivity index (χ2n) is 3.75. The van der Waals surface area contributed by atoms with Crippen molar-refractivity contribution in [3.05, 3.63) is 29.6 Å². The van der Waals surface area contributed by atoms with Gasteiger partial charge in [0, 0.05) is 11.6 Å². The maximum atomic E-state index is 13.4. The van der Waals surface area contributed by atoms with Crippen LogP contribution in [0.15, 0.2) is 18.2 Å². The van der Waals surface area contributed by atoms with Crippen LogP contribution in [-0.2, 0) is 0 Å². The van der Waals surface area contributed by atoms with Gasteiger partial charge in [0.25, 0.3) is 0 Å². The third-order valence-electron chi connectivity index (χ3n) is 2.69. The van der Waals surface area contributed by atoms with Crippen molar-refractivity contribution in [2.24, 2.45) is 11.7 Å². The zero-order chi connectivity index (χ0) is 10.1. The Morgan fingerprint density at radius 2 is 2.13 bits per heavy atom. The molecule has 0 spiro atoms. The Morgan fingerprint density at radius 3 is 2.67 bits per heavy atom. The molecular weight excluding hydrogens is 217 g/mol. The SMILES string of the molecule is COc1ccc(F)c([C@@H](N)C2CC2)c1.Cl. The Kier molecular flexibility index (Phi) is 3.94. The molecule has 0 amide bonds. The van der Waals surface area contributed by atoms with E-state index in [0.29, 0.717) is 17.2 Å². The van der Waals surface area contributed by atoms with Gasteiger partial charge in [-0.2, -0.15) is 0 Å². The van der Waals surface area contributed by atoms with Crippen molar-refractivity contribution >= 4 is 12.4 Å². The van der Waals surface area contributed by atoms with E-state index in [1.54, 1.807) is 19.2 Å². The summed E-state index contributed by atoms with van der Waals surface area (Å²) in [5.41, 5.74) is 6.50. The van der Waals surface area contributed by atoms with E-state index in [-0.39, 0.29) is 24.3 Å². The summed E-state index contributed by atoms with van der Waals surface area (Å²) in [6.07, 6.45) is 2.22. The summed E-state index contributed by atoms with van der Waals surface area (Å²) in [7, 11) is 1.57. The number of ether oxygens (including phenoxy) is 1. The minimum Gasteiger partial charge on any atom is -0.497 e. The van der Waals surface area contributed by atoms with Gasteiger partial charge in [0.05, 0.1) is 7.11 Å². The van der Waals surface area contributed by atoms with Crippen LogP contribution >= 0.6 is 12.4 Å². The van der Waals surface area contributed by atoms with Gasteiger partial charge < -0.3 is 10.5 Å². The highest BCUT2D eigenvalue weighted by atomic mass is 35.5.